The zero-order valence-corrected chi connectivity index (χ0v) is 12.7. The van der Waals surface area contributed by atoms with Crippen LogP contribution in [0.4, 0.5) is 5.13 Å². The van der Waals surface area contributed by atoms with Crippen molar-refractivity contribution in [3.63, 3.8) is 0 Å². The highest BCUT2D eigenvalue weighted by Crippen LogP contribution is 2.42. The zero-order chi connectivity index (χ0) is 16.3. The summed E-state index contributed by atoms with van der Waals surface area (Å²) in [5.74, 6) is 0. The van der Waals surface area contributed by atoms with E-state index in [1.54, 1.807) is 0 Å². The molecular weight excluding hydrogens is 310 g/mol. The molecule has 0 saturated heterocycles. The minimum absolute atomic E-state index is 0.216. The van der Waals surface area contributed by atoms with E-state index in [-0.39, 0.29) is 5.13 Å². The Morgan fingerprint density at radius 2 is 1.57 bits per heavy atom. The Labute approximate surface area is 136 Å². The van der Waals surface area contributed by atoms with E-state index in [0.717, 1.165) is 22.5 Å². The molecule has 3 rings (SSSR count). The van der Waals surface area contributed by atoms with E-state index in [2.05, 4.69) is 11.1 Å². The molecule has 0 N–H and O–H groups in total. The predicted octanol–water partition coefficient (Wildman–Crippen LogP) is 3.91. The second-order valence-electron chi connectivity index (χ2n) is 4.86. The average molecular weight is 321 g/mol. The Hall–Kier alpha value is -3.04. The minimum Gasteiger partial charge on any atom is -0.357 e. The summed E-state index contributed by atoms with van der Waals surface area (Å²) in [6.45, 7) is 0. The van der Waals surface area contributed by atoms with Crippen molar-refractivity contribution in [2.45, 2.75) is 5.41 Å². The molecule has 0 fully saturated rings. The SMILES string of the molecule is N#CC(c1ccccc1)(c1ccccc1)c1cnc([N+](=O)[O-])s1. The van der Waals surface area contributed by atoms with Crippen LogP contribution < -0.4 is 0 Å². The highest BCUT2D eigenvalue weighted by Gasteiger charge is 2.40. The summed E-state index contributed by atoms with van der Waals surface area (Å²) >= 11 is 0.929. The third kappa shape index (κ3) is 2.47. The lowest BCUT2D eigenvalue weighted by molar-refractivity contribution is -0.384. The molecule has 0 bridgehead atoms. The maximum absolute atomic E-state index is 11.0. The van der Waals surface area contributed by atoms with Crippen LogP contribution in [0.5, 0.6) is 0 Å². The smallest absolute Gasteiger partial charge is 0.357 e. The van der Waals surface area contributed by atoms with Crippen molar-refractivity contribution in [3.05, 3.63) is 93.0 Å². The largest absolute Gasteiger partial charge is 0.423 e. The predicted molar refractivity (Wildman–Crippen MR) is 87.1 cm³/mol. The fraction of sp³-hybridized carbons (Fsp3) is 0.0588. The van der Waals surface area contributed by atoms with Crippen molar-refractivity contribution < 1.29 is 4.92 Å². The molecule has 0 aliphatic rings. The number of nitro groups is 1. The van der Waals surface area contributed by atoms with Gasteiger partial charge in [-0.15, -0.1) is 0 Å². The number of benzene rings is 2. The molecule has 23 heavy (non-hydrogen) atoms. The summed E-state index contributed by atoms with van der Waals surface area (Å²) in [6.07, 6.45) is 1.42. The van der Waals surface area contributed by atoms with Crippen LogP contribution in [0.3, 0.4) is 0 Å². The second-order valence-corrected chi connectivity index (χ2v) is 5.87. The monoisotopic (exact) mass is 321 g/mol. The van der Waals surface area contributed by atoms with Gasteiger partial charge in [-0.05, 0) is 32.4 Å². The van der Waals surface area contributed by atoms with E-state index in [0.29, 0.717) is 4.88 Å². The first kappa shape index (κ1) is 14.9. The van der Waals surface area contributed by atoms with Gasteiger partial charge in [0, 0.05) is 0 Å². The highest BCUT2D eigenvalue weighted by atomic mass is 32.1. The van der Waals surface area contributed by atoms with Crippen LogP contribution >= 0.6 is 11.3 Å². The molecule has 3 aromatic rings. The maximum atomic E-state index is 11.0. The summed E-state index contributed by atoms with van der Waals surface area (Å²) in [6, 6.07) is 20.9. The molecule has 112 valence electrons. The van der Waals surface area contributed by atoms with Gasteiger partial charge in [-0.2, -0.15) is 5.26 Å². The molecule has 1 heterocycles. The number of thiazole rings is 1. The molecule has 0 aliphatic carbocycles. The van der Waals surface area contributed by atoms with Gasteiger partial charge in [0.05, 0.1) is 10.9 Å². The fourth-order valence-electron chi connectivity index (χ4n) is 2.53. The van der Waals surface area contributed by atoms with Gasteiger partial charge in [0.15, 0.2) is 6.20 Å². The van der Waals surface area contributed by atoms with Gasteiger partial charge in [0.25, 0.3) is 0 Å². The van der Waals surface area contributed by atoms with E-state index in [1.165, 1.54) is 6.20 Å². The van der Waals surface area contributed by atoms with E-state index < -0.39 is 10.3 Å². The van der Waals surface area contributed by atoms with Gasteiger partial charge in [0.2, 0.25) is 0 Å². The summed E-state index contributed by atoms with van der Waals surface area (Å²) in [7, 11) is 0. The molecule has 1 aromatic heterocycles. The highest BCUT2D eigenvalue weighted by molar-refractivity contribution is 7.15. The number of rotatable bonds is 4. The molecule has 0 atom stereocenters. The minimum atomic E-state index is -1.12. The Bertz CT molecular complexity index is 830. The maximum Gasteiger partial charge on any atom is 0.423 e. The molecule has 2 aromatic carbocycles. The Kier molecular flexibility index (Phi) is 3.87. The van der Waals surface area contributed by atoms with Crippen molar-refractivity contribution in [2.24, 2.45) is 0 Å². The molecule has 0 saturated carbocycles. The molecule has 0 aliphatic heterocycles. The number of nitriles is 1. The third-order valence-corrected chi connectivity index (χ3v) is 4.67. The lowest BCUT2D eigenvalue weighted by atomic mass is 9.75. The van der Waals surface area contributed by atoms with Crippen LogP contribution in [-0.2, 0) is 5.41 Å². The molecular formula is C17H11N3O2S. The fourth-order valence-corrected chi connectivity index (χ4v) is 3.45. The van der Waals surface area contributed by atoms with Gasteiger partial charge in [-0.1, -0.05) is 60.7 Å². The Morgan fingerprint density at radius 1 is 1.04 bits per heavy atom. The van der Waals surface area contributed by atoms with E-state index in [1.807, 2.05) is 60.7 Å². The second kappa shape index (κ2) is 5.99. The summed E-state index contributed by atoms with van der Waals surface area (Å²) in [5.41, 5.74) is 0.397. The van der Waals surface area contributed by atoms with Crippen LogP contribution in [0.15, 0.2) is 66.9 Å². The van der Waals surface area contributed by atoms with Gasteiger partial charge in [-0.25, -0.2) is 0 Å². The molecule has 0 radical (unpaired) electrons. The summed E-state index contributed by atoms with van der Waals surface area (Å²) in [4.78, 5) is 14.8. The molecule has 0 amide bonds. The van der Waals surface area contributed by atoms with E-state index >= 15 is 0 Å². The Morgan fingerprint density at radius 3 is 1.96 bits per heavy atom. The van der Waals surface area contributed by atoms with Crippen LogP contribution in [0.1, 0.15) is 16.0 Å². The van der Waals surface area contributed by atoms with Crippen LogP contribution in [0.2, 0.25) is 0 Å². The Balaban J connectivity index is 2.29. The van der Waals surface area contributed by atoms with E-state index in [9.17, 15) is 15.4 Å². The van der Waals surface area contributed by atoms with Crippen LogP contribution in [0, 0.1) is 21.4 Å². The third-order valence-electron chi connectivity index (χ3n) is 3.60. The quantitative estimate of drug-likeness (QED) is 0.539. The van der Waals surface area contributed by atoms with Crippen molar-refractivity contribution in [2.75, 3.05) is 0 Å². The van der Waals surface area contributed by atoms with Gasteiger partial charge < -0.3 is 10.1 Å². The first-order chi connectivity index (χ1) is 11.2. The van der Waals surface area contributed by atoms with Crippen molar-refractivity contribution in [3.8, 4) is 6.07 Å². The van der Waals surface area contributed by atoms with Gasteiger partial charge in [0.1, 0.15) is 5.41 Å². The standard InChI is InChI=1S/C17H11N3O2S/c18-12-17(13-7-3-1-4-8-13,14-9-5-2-6-10-14)15-11-19-16(23-15)20(21)22/h1-11H. The zero-order valence-electron chi connectivity index (χ0n) is 11.9. The number of hydrogen-bond acceptors (Lipinski definition) is 5. The molecule has 6 heteroatoms. The first-order valence-corrected chi connectivity index (χ1v) is 7.63. The number of aromatic nitrogens is 1. The first-order valence-electron chi connectivity index (χ1n) is 6.81. The van der Waals surface area contributed by atoms with Crippen LogP contribution in [-0.4, -0.2) is 9.91 Å². The summed E-state index contributed by atoms with van der Waals surface area (Å²) in [5, 5.41) is 20.8. The van der Waals surface area contributed by atoms with Crippen LogP contribution in [0.25, 0.3) is 0 Å². The van der Waals surface area contributed by atoms with Gasteiger partial charge in [-0.3, -0.25) is 0 Å². The molecule has 5 nitrogen and oxygen atoms in total. The number of hydrogen-bond donors (Lipinski definition) is 0. The lowest BCUT2D eigenvalue weighted by Crippen LogP contribution is -2.26. The molecule has 0 spiro atoms. The van der Waals surface area contributed by atoms with E-state index in [4.69, 9.17) is 0 Å². The number of nitrogens with zero attached hydrogens (tertiary/aromatic N) is 3. The lowest BCUT2D eigenvalue weighted by Gasteiger charge is -2.25. The van der Waals surface area contributed by atoms with Gasteiger partial charge >= 0.3 is 5.13 Å². The average Bonchev–Trinajstić information content (AvgIpc) is 3.09. The van der Waals surface area contributed by atoms with Crippen molar-refractivity contribution in [1.29, 1.82) is 5.26 Å². The van der Waals surface area contributed by atoms with Crippen molar-refractivity contribution in [1.82, 2.24) is 4.98 Å². The normalized spacial score (nSPS) is 10.9. The summed E-state index contributed by atoms with van der Waals surface area (Å²) < 4.78 is 0. The topological polar surface area (TPSA) is 79.8 Å². The van der Waals surface area contributed by atoms with Crippen molar-refractivity contribution >= 4 is 16.5 Å². The molecule has 0 unspecified atom stereocenters.